The van der Waals surface area contributed by atoms with Gasteiger partial charge in [-0.3, -0.25) is 0 Å². The smallest absolute Gasteiger partial charge is 0.233 e. The second-order valence-corrected chi connectivity index (χ2v) is 5.08. The number of hydrogen-bond acceptors (Lipinski definition) is 6. The largest absolute Gasteiger partial charge is 0.368 e. The third-order valence-corrected chi connectivity index (χ3v) is 3.43. The quantitative estimate of drug-likeness (QED) is 0.877. The van der Waals surface area contributed by atoms with Crippen molar-refractivity contribution in [3.63, 3.8) is 0 Å². The normalized spacial score (nSPS) is 10.5. The van der Waals surface area contributed by atoms with Crippen LogP contribution in [-0.2, 0) is 0 Å². The fraction of sp³-hybridized carbons (Fsp3) is 0.308. The van der Waals surface area contributed by atoms with E-state index in [0.717, 1.165) is 13.1 Å². The Morgan fingerprint density at radius 2 is 1.86 bits per heavy atom. The third-order valence-electron chi connectivity index (χ3n) is 2.86. The zero-order chi connectivity index (χ0) is 15.4. The predicted molar refractivity (Wildman–Crippen MR) is 87.5 cm³/mol. The Kier molecular flexibility index (Phi) is 5.03. The van der Waals surface area contributed by atoms with E-state index in [0.29, 0.717) is 27.6 Å². The highest BCUT2D eigenvalue weighted by atomic mass is 35.5. The van der Waals surface area contributed by atoms with Crippen LogP contribution in [-0.4, -0.2) is 28.0 Å². The van der Waals surface area contributed by atoms with Gasteiger partial charge in [-0.05, 0) is 32.0 Å². The summed E-state index contributed by atoms with van der Waals surface area (Å²) in [5.41, 5.74) is 6.35. The number of nitrogens with one attached hydrogen (secondary N) is 1. The van der Waals surface area contributed by atoms with Crippen LogP contribution in [0.2, 0.25) is 10.0 Å². The highest BCUT2D eigenvalue weighted by molar-refractivity contribution is 6.35. The standard InChI is InChI=1S/C13H16Cl2N6/c1-3-21(4-2)13-19-11(16)18-12(20-13)17-10-7-8(14)5-6-9(10)15/h5-7H,3-4H2,1-2H3,(H3,16,17,18,19,20). The molecule has 0 aliphatic carbocycles. The van der Waals surface area contributed by atoms with Crippen molar-refractivity contribution in [2.24, 2.45) is 0 Å². The molecule has 0 saturated carbocycles. The highest BCUT2D eigenvalue weighted by Gasteiger charge is 2.11. The molecule has 0 bridgehead atoms. The molecule has 0 aliphatic heterocycles. The van der Waals surface area contributed by atoms with E-state index >= 15 is 0 Å². The number of halogens is 2. The van der Waals surface area contributed by atoms with Crippen molar-refractivity contribution in [2.45, 2.75) is 13.8 Å². The first-order chi connectivity index (χ1) is 10.0. The molecule has 0 amide bonds. The van der Waals surface area contributed by atoms with Gasteiger partial charge in [0.05, 0.1) is 10.7 Å². The summed E-state index contributed by atoms with van der Waals surface area (Å²) in [4.78, 5) is 14.5. The van der Waals surface area contributed by atoms with Crippen molar-refractivity contribution in [3.8, 4) is 0 Å². The average Bonchev–Trinajstić information content (AvgIpc) is 2.44. The first-order valence-corrected chi connectivity index (χ1v) is 7.27. The van der Waals surface area contributed by atoms with Crippen LogP contribution in [0.3, 0.4) is 0 Å². The van der Waals surface area contributed by atoms with E-state index in [9.17, 15) is 0 Å². The van der Waals surface area contributed by atoms with Crippen LogP contribution in [0, 0.1) is 0 Å². The van der Waals surface area contributed by atoms with Crippen molar-refractivity contribution in [1.29, 1.82) is 0 Å². The molecule has 1 heterocycles. The Hall–Kier alpha value is -1.79. The van der Waals surface area contributed by atoms with E-state index < -0.39 is 0 Å². The summed E-state index contributed by atoms with van der Waals surface area (Å²) in [6.07, 6.45) is 0. The number of nitrogen functional groups attached to an aromatic ring is 1. The SMILES string of the molecule is CCN(CC)c1nc(N)nc(Nc2cc(Cl)ccc2Cl)n1. The van der Waals surface area contributed by atoms with Gasteiger partial charge >= 0.3 is 0 Å². The number of benzene rings is 1. The number of rotatable bonds is 5. The topological polar surface area (TPSA) is 80.0 Å². The molecule has 0 saturated heterocycles. The second-order valence-electron chi connectivity index (χ2n) is 4.24. The predicted octanol–water partition coefficient (Wildman–Crippen LogP) is 3.35. The fourth-order valence-corrected chi connectivity index (χ4v) is 2.14. The molecule has 2 rings (SSSR count). The summed E-state index contributed by atoms with van der Waals surface area (Å²) < 4.78 is 0. The average molecular weight is 327 g/mol. The molecule has 0 unspecified atom stereocenters. The van der Waals surface area contributed by atoms with E-state index in [2.05, 4.69) is 20.3 Å². The molecule has 1 aromatic heterocycles. The van der Waals surface area contributed by atoms with Crippen molar-refractivity contribution in [2.75, 3.05) is 29.0 Å². The molecular weight excluding hydrogens is 311 g/mol. The van der Waals surface area contributed by atoms with Crippen LogP contribution in [0.5, 0.6) is 0 Å². The lowest BCUT2D eigenvalue weighted by atomic mass is 10.3. The third kappa shape index (κ3) is 3.86. The van der Waals surface area contributed by atoms with Gasteiger partial charge in [-0.15, -0.1) is 0 Å². The number of nitrogens with zero attached hydrogens (tertiary/aromatic N) is 4. The number of anilines is 4. The molecule has 8 heteroatoms. The molecular formula is C13H16Cl2N6. The minimum absolute atomic E-state index is 0.146. The van der Waals surface area contributed by atoms with Crippen LogP contribution < -0.4 is 16.0 Å². The lowest BCUT2D eigenvalue weighted by Crippen LogP contribution is -2.25. The van der Waals surface area contributed by atoms with Gasteiger partial charge in [0, 0.05) is 18.1 Å². The Bertz CT molecular complexity index is 630. The summed E-state index contributed by atoms with van der Waals surface area (Å²) in [5.74, 6) is 0.995. The van der Waals surface area contributed by atoms with Gasteiger partial charge < -0.3 is 16.0 Å². The second kappa shape index (κ2) is 6.78. The van der Waals surface area contributed by atoms with Gasteiger partial charge in [0.15, 0.2) is 0 Å². The van der Waals surface area contributed by atoms with Crippen LogP contribution in [0.1, 0.15) is 13.8 Å². The van der Waals surface area contributed by atoms with Crippen LogP contribution in [0.25, 0.3) is 0 Å². The number of nitrogens with two attached hydrogens (primary N) is 1. The lowest BCUT2D eigenvalue weighted by Gasteiger charge is -2.19. The van der Waals surface area contributed by atoms with E-state index in [-0.39, 0.29) is 5.95 Å². The van der Waals surface area contributed by atoms with Crippen LogP contribution in [0.15, 0.2) is 18.2 Å². The molecule has 21 heavy (non-hydrogen) atoms. The molecule has 0 fully saturated rings. The maximum absolute atomic E-state index is 6.11. The molecule has 0 atom stereocenters. The van der Waals surface area contributed by atoms with Gasteiger partial charge in [0.2, 0.25) is 17.8 Å². The molecule has 1 aromatic carbocycles. The molecule has 2 aromatic rings. The van der Waals surface area contributed by atoms with E-state index in [4.69, 9.17) is 28.9 Å². The van der Waals surface area contributed by atoms with E-state index in [1.165, 1.54) is 0 Å². The minimum Gasteiger partial charge on any atom is -0.368 e. The monoisotopic (exact) mass is 326 g/mol. The zero-order valence-electron chi connectivity index (χ0n) is 11.8. The van der Waals surface area contributed by atoms with Crippen molar-refractivity contribution in [1.82, 2.24) is 15.0 Å². The van der Waals surface area contributed by atoms with Gasteiger partial charge in [-0.2, -0.15) is 15.0 Å². The maximum Gasteiger partial charge on any atom is 0.233 e. The summed E-state index contributed by atoms with van der Waals surface area (Å²) in [6, 6.07) is 5.10. The summed E-state index contributed by atoms with van der Waals surface area (Å²) in [7, 11) is 0. The molecule has 6 nitrogen and oxygen atoms in total. The maximum atomic E-state index is 6.11. The Balaban J connectivity index is 2.34. The minimum atomic E-state index is 0.146. The van der Waals surface area contributed by atoms with Crippen LogP contribution in [0.4, 0.5) is 23.5 Å². The van der Waals surface area contributed by atoms with Gasteiger partial charge in [0.25, 0.3) is 0 Å². The summed E-state index contributed by atoms with van der Waals surface area (Å²) in [6.45, 7) is 5.59. The Morgan fingerprint density at radius 3 is 2.52 bits per heavy atom. The Labute approximate surface area is 133 Å². The fourth-order valence-electron chi connectivity index (χ4n) is 1.80. The number of aromatic nitrogens is 3. The van der Waals surface area contributed by atoms with Crippen molar-refractivity contribution in [3.05, 3.63) is 28.2 Å². The molecule has 112 valence electrons. The van der Waals surface area contributed by atoms with E-state index in [1.54, 1.807) is 18.2 Å². The molecule has 3 N–H and O–H groups in total. The van der Waals surface area contributed by atoms with Gasteiger partial charge in [0.1, 0.15) is 0 Å². The van der Waals surface area contributed by atoms with Gasteiger partial charge in [-0.25, -0.2) is 0 Å². The number of hydrogen-bond donors (Lipinski definition) is 2. The molecule has 0 aliphatic rings. The molecule has 0 spiro atoms. The van der Waals surface area contributed by atoms with E-state index in [1.807, 2.05) is 18.7 Å². The van der Waals surface area contributed by atoms with Crippen molar-refractivity contribution >= 4 is 46.7 Å². The molecule has 0 radical (unpaired) electrons. The Morgan fingerprint density at radius 1 is 1.14 bits per heavy atom. The summed E-state index contributed by atoms with van der Waals surface area (Å²) >= 11 is 12.1. The van der Waals surface area contributed by atoms with Crippen molar-refractivity contribution < 1.29 is 0 Å². The van der Waals surface area contributed by atoms with Gasteiger partial charge in [-0.1, -0.05) is 23.2 Å². The zero-order valence-corrected chi connectivity index (χ0v) is 13.3. The first-order valence-electron chi connectivity index (χ1n) is 6.52. The lowest BCUT2D eigenvalue weighted by molar-refractivity contribution is 0.816. The van der Waals surface area contributed by atoms with Crippen LogP contribution >= 0.6 is 23.2 Å². The highest BCUT2D eigenvalue weighted by Crippen LogP contribution is 2.27. The first kappa shape index (κ1) is 15.6. The summed E-state index contributed by atoms with van der Waals surface area (Å²) in [5, 5.41) is 4.09.